The molecule has 1 amide bonds. The number of ether oxygens (including phenoxy) is 1. The van der Waals surface area contributed by atoms with E-state index < -0.39 is 0 Å². The molecule has 1 aliphatic rings. The molecule has 0 aliphatic carbocycles. The number of carbonyl (C=O) groups excluding carboxylic acids is 1. The van der Waals surface area contributed by atoms with Gasteiger partial charge in [-0.2, -0.15) is 0 Å². The second kappa shape index (κ2) is 7.95. The van der Waals surface area contributed by atoms with Crippen molar-refractivity contribution in [3.05, 3.63) is 23.7 Å². The molecule has 1 aromatic rings. The molecule has 6 heteroatoms. The summed E-state index contributed by atoms with van der Waals surface area (Å²) in [5.74, 6) is 1.81. The maximum Gasteiger partial charge on any atom is 0.234 e. The van der Waals surface area contributed by atoms with Gasteiger partial charge >= 0.3 is 0 Å². The second-order valence-corrected chi connectivity index (χ2v) is 6.87. The fourth-order valence-corrected chi connectivity index (χ4v) is 2.79. The van der Waals surface area contributed by atoms with Crippen molar-refractivity contribution >= 4 is 5.91 Å². The van der Waals surface area contributed by atoms with Gasteiger partial charge in [-0.1, -0.05) is 0 Å². The fraction of sp³-hybridized carbons (Fsp3) is 0.706. The molecule has 1 saturated heterocycles. The molecule has 6 nitrogen and oxygen atoms in total. The summed E-state index contributed by atoms with van der Waals surface area (Å²) in [6, 6.07) is 3.89. The molecule has 2 heterocycles. The number of rotatable bonds is 7. The third kappa shape index (κ3) is 5.64. The van der Waals surface area contributed by atoms with Crippen LogP contribution < -0.4 is 5.32 Å². The Hall–Kier alpha value is -1.37. The van der Waals surface area contributed by atoms with Crippen LogP contribution in [0, 0.1) is 6.92 Å². The molecule has 1 aliphatic heterocycles. The first-order valence-corrected chi connectivity index (χ1v) is 8.20. The Kier molecular flexibility index (Phi) is 6.21. The molecule has 0 bridgehead atoms. The van der Waals surface area contributed by atoms with Gasteiger partial charge in [0, 0.05) is 25.2 Å². The first-order chi connectivity index (χ1) is 10.9. The van der Waals surface area contributed by atoms with Crippen LogP contribution in [0.15, 0.2) is 16.5 Å². The van der Waals surface area contributed by atoms with Gasteiger partial charge < -0.3 is 14.5 Å². The van der Waals surface area contributed by atoms with Gasteiger partial charge in [0.1, 0.15) is 11.5 Å². The first kappa shape index (κ1) is 18.0. The number of aryl methyl sites for hydroxylation is 1. The monoisotopic (exact) mass is 323 g/mol. The smallest absolute Gasteiger partial charge is 0.234 e. The molecule has 1 fully saturated rings. The summed E-state index contributed by atoms with van der Waals surface area (Å²) < 4.78 is 10.9. The van der Waals surface area contributed by atoms with Crippen LogP contribution in [-0.2, 0) is 16.1 Å². The van der Waals surface area contributed by atoms with Crippen molar-refractivity contribution in [2.75, 3.05) is 46.4 Å². The summed E-state index contributed by atoms with van der Waals surface area (Å²) in [4.78, 5) is 16.5. The van der Waals surface area contributed by atoms with Crippen LogP contribution in [0.4, 0.5) is 0 Å². The van der Waals surface area contributed by atoms with E-state index in [2.05, 4.69) is 24.1 Å². The standard InChI is InChI=1S/C17H29N3O3/c1-14-5-6-15(23-14)11-19(4)12-16(21)18-13-17(2,3)20-7-9-22-10-8-20/h5-6H,7-13H2,1-4H3,(H,18,21). The largest absolute Gasteiger partial charge is 0.465 e. The van der Waals surface area contributed by atoms with Gasteiger partial charge in [-0.15, -0.1) is 0 Å². The van der Waals surface area contributed by atoms with Crippen molar-refractivity contribution in [2.45, 2.75) is 32.9 Å². The van der Waals surface area contributed by atoms with E-state index >= 15 is 0 Å². The number of carbonyl (C=O) groups is 1. The lowest BCUT2D eigenvalue weighted by molar-refractivity contribution is -0.122. The minimum atomic E-state index is -0.0594. The normalized spacial score (nSPS) is 16.7. The van der Waals surface area contributed by atoms with Crippen LogP contribution in [0.1, 0.15) is 25.4 Å². The number of hydrogen-bond acceptors (Lipinski definition) is 5. The molecule has 130 valence electrons. The van der Waals surface area contributed by atoms with E-state index in [1.807, 2.05) is 31.0 Å². The van der Waals surface area contributed by atoms with Gasteiger partial charge in [-0.3, -0.25) is 14.6 Å². The van der Waals surface area contributed by atoms with E-state index in [9.17, 15) is 4.79 Å². The fourth-order valence-electron chi connectivity index (χ4n) is 2.79. The van der Waals surface area contributed by atoms with E-state index in [4.69, 9.17) is 9.15 Å². The number of nitrogens with one attached hydrogen (secondary N) is 1. The van der Waals surface area contributed by atoms with E-state index in [0.29, 0.717) is 19.6 Å². The molecular formula is C17H29N3O3. The van der Waals surface area contributed by atoms with Gasteiger partial charge in [0.25, 0.3) is 0 Å². The maximum absolute atomic E-state index is 12.2. The number of likely N-dealkylation sites (N-methyl/N-ethyl adjacent to an activating group) is 1. The highest BCUT2D eigenvalue weighted by molar-refractivity contribution is 5.78. The molecule has 1 aromatic heterocycles. The lowest BCUT2D eigenvalue weighted by Crippen LogP contribution is -2.56. The van der Waals surface area contributed by atoms with Crippen molar-refractivity contribution in [1.82, 2.24) is 15.1 Å². The van der Waals surface area contributed by atoms with Gasteiger partial charge in [0.05, 0.1) is 26.3 Å². The number of amides is 1. The van der Waals surface area contributed by atoms with Crippen molar-refractivity contribution in [3.63, 3.8) is 0 Å². The van der Waals surface area contributed by atoms with Crippen LogP contribution in [0.2, 0.25) is 0 Å². The molecule has 0 spiro atoms. The molecule has 0 aromatic carbocycles. The summed E-state index contributed by atoms with van der Waals surface area (Å²) >= 11 is 0. The molecule has 2 rings (SSSR count). The molecule has 0 atom stereocenters. The Labute approximate surface area is 138 Å². The van der Waals surface area contributed by atoms with E-state index in [1.165, 1.54) is 0 Å². The van der Waals surface area contributed by atoms with Crippen molar-refractivity contribution in [1.29, 1.82) is 0 Å². The summed E-state index contributed by atoms with van der Waals surface area (Å²) in [6.07, 6.45) is 0. The minimum Gasteiger partial charge on any atom is -0.465 e. The van der Waals surface area contributed by atoms with Crippen LogP contribution >= 0.6 is 0 Å². The average molecular weight is 323 g/mol. The lowest BCUT2D eigenvalue weighted by Gasteiger charge is -2.40. The predicted octanol–water partition coefficient (Wildman–Crippen LogP) is 1.25. The van der Waals surface area contributed by atoms with E-state index in [-0.39, 0.29) is 11.4 Å². The van der Waals surface area contributed by atoms with Gasteiger partial charge in [0.2, 0.25) is 5.91 Å². The summed E-state index contributed by atoms with van der Waals surface area (Å²) in [5.41, 5.74) is -0.0594. The summed E-state index contributed by atoms with van der Waals surface area (Å²) in [7, 11) is 1.92. The highest BCUT2D eigenvalue weighted by atomic mass is 16.5. The number of furan rings is 1. The van der Waals surface area contributed by atoms with E-state index in [0.717, 1.165) is 37.8 Å². The summed E-state index contributed by atoms with van der Waals surface area (Å²) in [6.45, 7) is 11.2. The molecule has 1 N–H and O–H groups in total. The maximum atomic E-state index is 12.2. The quantitative estimate of drug-likeness (QED) is 0.818. The highest BCUT2D eigenvalue weighted by Crippen LogP contribution is 2.15. The second-order valence-electron chi connectivity index (χ2n) is 6.87. The molecule has 0 unspecified atom stereocenters. The Morgan fingerprint density at radius 3 is 2.65 bits per heavy atom. The zero-order chi connectivity index (χ0) is 16.9. The Morgan fingerprint density at radius 2 is 2.04 bits per heavy atom. The molecule has 0 radical (unpaired) electrons. The number of morpholine rings is 1. The van der Waals surface area contributed by atoms with Crippen LogP contribution in [0.25, 0.3) is 0 Å². The molecule has 23 heavy (non-hydrogen) atoms. The van der Waals surface area contributed by atoms with Gasteiger partial charge in [-0.05, 0) is 40.0 Å². The lowest BCUT2D eigenvalue weighted by atomic mass is 10.0. The van der Waals surface area contributed by atoms with Crippen LogP contribution in [-0.4, -0.2) is 67.7 Å². The zero-order valence-electron chi connectivity index (χ0n) is 14.7. The van der Waals surface area contributed by atoms with Crippen molar-refractivity contribution in [3.8, 4) is 0 Å². The van der Waals surface area contributed by atoms with E-state index in [1.54, 1.807) is 0 Å². The zero-order valence-corrected chi connectivity index (χ0v) is 14.7. The third-order valence-corrected chi connectivity index (χ3v) is 4.22. The molecule has 0 saturated carbocycles. The Morgan fingerprint density at radius 1 is 1.35 bits per heavy atom. The average Bonchev–Trinajstić information content (AvgIpc) is 2.91. The number of nitrogens with zero attached hydrogens (tertiary/aromatic N) is 2. The topological polar surface area (TPSA) is 58.0 Å². The summed E-state index contributed by atoms with van der Waals surface area (Å²) in [5, 5.41) is 3.05. The van der Waals surface area contributed by atoms with Crippen molar-refractivity contribution in [2.24, 2.45) is 0 Å². The highest BCUT2D eigenvalue weighted by Gasteiger charge is 2.28. The Balaban J connectivity index is 1.73. The van der Waals surface area contributed by atoms with Gasteiger partial charge in [0.15, 0.2) is 0 Å². The third-order valence-electron chi connectivity index (χ3n) is 4.22. The van der Waals surface area contributed by atoms with Gasteiger partial charge in [-0.25, -0.2) is 0 Å². The Bertz CT molecular complexity index is 507. The predicted molar refractivity (Wildman–Crippen MR) is 89.3 cm³/mol. The minimum absolute atomic E-state index is 0.0390. The SMILES string of the molecule is Cc1ccc(CN(C)CC(=O)NCC(C)(C)N2CCOCC2)o1. The van der Waals surface area contributed by atoms with Crippen LogP contribution in [0.3, 0.4) is 0 Å². The van der Waals surface area contributed by atoms with Crippen LogP contribution in [0.5, 0.6) is 0 Å². The number of hydrogen-bond donors (Lipinski definition) is 1. The van der Waals surface area contributed by atoms with Crippen molar-refractivity contribution < 1.29 is 13.9 Å². The molecular weight excluding hydrogens is 294 g/mol. The first-order valence-electron chi connectivity index (χ1n) is 8.20.